The number of ether oxygens (including phenoxy) is 1. The molecule has 0 saturated carbocycles. The maximum absolute atomic E-state index is 12.1. The van der Waals surface area contributed by atoms with Crippen LogP contribution >= 0.6 is 0 Å². The number of carbonyl (C=O) groups is 1. The van der Waals surface area contributed by atoms with Crippen molar-refractivity contribution in [1.82, 2.24) is 0 Å². The van der Waals surface area contributed by atoms with E-state index in [1.165, 1.54) is 0 Å². The molecule has 7 nitrogen and oxygen atoms in total. The van der Waals surface area contributed by atoms with Gasteiger partial charge in [-0.2, -0.15) is 0 Å². The van der Waals surface area contributed by atoms with Crippen molar-refractivity contribution in [2.24, 2.45) is 5.73 Å². The van der Waals surface area contributed by atoms with Crippen LogP contribution in [-0.4, -0.2) is 63.5 Å². The number of rotatable bonds is 1. The average molecular weight is 373 g/mol. The topological polar surface area (TPSA) is 133 Å². The summed E-state index contributed by atoms with van der Waals surface area (Å²) in [4.78, 5) is 12.1. The maximum atomic E-state index is 12.1. The zero-order valence-corrected chi connectivity index (χ0v) is 14.6. The maximum Gasteiger partial charge on any atom is 0.193 e. The van der Waals surface area contributed by atoms with Gasteiger partial charge in [0.2, 0.25) is 0 Å². The van der Waals surface area contributed by atoms with E-state index in [2.05, 4.69) is 0 Å². The number of hydrogen-bond donors (Lipinski definition) is 5. The highest BCUT2D eigenvalue weighted by Gasteiger charge is 2.41. The lowest BCUT2D eigenvalue weighted by Gasteiger charge is -2.38. The molecule has 0 bridgehead atoms. The monoisotopic (exact) mass is 373 g/mol. The van der Waals surface area contributed by atoms with Crippen LogP contribution in [0.3, 0.4) is 0 Å². The molecule has 144 valence electrons. The Balaban J connectivity index is 0.000000161. The molecule has 27 heavy (non-hydrogen) atoms. The molecular formula is C20H23NO6. The smallest absolute Gasteiger partial charge is 0.193 e. The van der Waals surface area contributed by atoms with Crippen molar-refractivity contribution in [2.75, 3.05) is 6.61 Å². The largest absolute Gasteiger partial charge is 0.394 e. The Hall–Kier alpha value is -2.13. The minimum absolute atomic E-state index is 0.160. The predicted molar refractivity (Wildman–Crippen MR) is 97.1 cm³/mol. The number of aliphatic hydroxyl groups excluding tert-OH is 4. The van der Waals surface area contributed by atoms with Gasteiger partial charge in [0, 0.05) is 11.1 Å². The summed E-state index contributed by atoms with van der Waals surface area (Å²) in [6, 6.07) is 14.7. The van der Waals surface area contributed by atoms with Crippen LogP contribution < -0.4 is 5.73 Å². The molecule has 7 heteroatoms. The standard InChI is InChI=1S/C14H10O.C6H13NO5/c15-14-12-7-3-1-5-10(12)9-11-6-2-4-8-13(11)14;7-3-5(10)4(9)2(1-8)12-6(3)11/h1-8H,9H2;2-6,8-11H,1,7H2/t;2-,3-,4-,5-,6?/m.1/s1. The zero-order chi connectivity index (χ0) is 19.6. The molecule has 1 unspecified atom stereocenters. The molecule has 5 atom stereocenters. The summed E-state index contributed by atoms with van der Waals surface area (Å²) >= 11 is 0. The summed E-state index contributed by atoms with van der Waals surface area (Å²) in [6.07, 6.45) is -3.98. The van der Waals surface area contributed by atoms with Gasteiger partial charge >= 0.3 is 0 Å². The summed E-state index contributed by atoms with van der Waals surface area (Å²) in [5.41, 5.74) is 9.26. The van der Waals surface area contributed by atoms with E-state index >= 15 is 0 Å². The van der Waals surface area contributed by atoms with Crippen LogP contribution in [0.4, 0.5) is 0 Å². The Labute approximate surface area is 156 Å². The first-order chi connectivity index (χ1) is 12.9. The SMILES string of the molecule is N[C@H]1C(O)O[C@H](CO)[C@@H](O)[C@@H]1O.O=C1c2ccccc2Cc2ccccc21. The first-order valence-electron chi connectivity index (χ1n) is 8.70. The normalized spacial score (nSPS) is 29.2. The first kappa shape index (κ1) is 19.6. The van der Waals surface area contributed by atoms with Crippen LogP contribution in [0.5, 0.6) is 0 Å². The van der Waals surface area contributed by atoms with E-state index in [0.717, 1.165) is 28.7 Å². The van der Waals surface area contributed by atoms with Crippen LogP contribution in [-0.2, 0) is 11.2 Å². The number of fused-ring (bicyclic) bond motifs is 2. The third kappa shape index (κ3) is 3.93. The van der Waals surface area contributed by atoms with Crippen LogP contribution in [0, 0.1) is 0 Å². The Morgan fingerprint density at radius 1 is 0.926 bits per heavy atom. The third-order valence-corrected chi connectivity index (χ3v) is 4.85. The van der Waals surface area contributed by atoms with Gasteiger partial charge in [-0.15, -0.1) is 0 Å². The number of hydrogen-bond acceptors (Lipinski definition) is 7. The fourth-order valence-electron chi connectivity index (χ4n) is 3.26. The van der Waals surface area contributed by atoms with E-state index < -0.39 is 37.3 Å². The summed E-state index contributed by atoms with van der Waals surface area (Å²) in [5, 5.41) is 36.1. The summed E-state index contributed by atoms with van der Waals surface area (Å²) in [7, 11) is 0. The highest BCUT2D eigenvalue weighted by Crippen LogP contribution is 2.26. The molecule has 2 aromatic carbocycles. The molecule has 0 amide bonds. The Bertz CT molecular complexity index is 758. The quantitative estimate of drug-likeness (QED) is 0.391. The molecule has 6 N–H and O–H groups in total. The Morgan fingerprint density at radius 2 is 1.44 bits per heavy atom. The predicted octanol–water partition coefficient (Wildman–Crippen LogP) is -0.433. The summed E-state index contributed by atoms with van der Waals surface area (Å²) in [6.45, 7) is -0.470. The molecule has 1 saturated heterocycles. The van der Waals surface area contributed by atoms with Crippen LogP contribution in [0.2, 0.25) is 0 Å². The fraction of sp³-hybridized carbons (Fsp3) is 0.350. The second-order valence-corrected chi connectivity index (χ2v) is 6.63. The van der Waals surface area contributed by atoms with Gasteiger partial charge in [0.25, 0.3) is 0 Å². The molecule has 1 aliphatic heterocycles. The van der Waals surface area contributed by atoms with E-state index in [-0.39, 0.29) is 5.78 Å². The van der Waals surface area contributed by atoms with E-state index in [1.807, 2.05) is 48.5 Å². The van der Waals surface area contributed by atoms with E-state index in [9.17, 15) is 15.0 Å². The second-order valence-electron chi connectivity index (χ2n) is 6.63. The van der Waals surface area contributed by atoms with Gasteiger partial charge < -0.3 is 30.9 Å². The lowest BCUT2D eigenvalue weighted by Crippen LogP contribution is -2.61. The van der Waals surface area contributed by atoms with Crippen molar-refractivity contribution in [1.29, 1.82) is 0 Å². The number of benzene rings is 2. The molecule has 0 radical (unpaired) electrons. The Kier molecular flexibility index (Phi) is 6.01. The molecule has 0 aromatic heterocycles. The van der Waals surface area contributed by atoms with Crippen molar-refractivity contribution < 1.29 is 30.0 Å². The minimum atomic E-state index is -1.35. The van der Waals surface area contributed by atoms with Crippen molar-refractivity contribution in [3.05, 3.63) is 70.8 Å². The van der Waals surface area contributed by atoms with Gasteiger partial charge in [0.15, 0.2) is 12.1 Å². The number of ketones is 1. The molecule has 0 spiro atoms. The highest BCUT2D eigenvalue weighted by atomic mass is 16.6. The summed E-state index contributed by atoms with van der Waals surface area (Å²) < 4.78 is 4.70. The van der Waals surface area contributed by atoms with Gasteiger partial charge in [-0.25, -0.2) is 0 Å². The fourth-order valence-corrected chi connectivity index (χ4v) is 3.26. The van der Waals surface area contributed by atoms with Crippen LogP contribution in [0.1, 0.15) is 27.0 Å². The molecule has 2 aliphatic rings. The van der Waals surface area contributed by atoms with E-state index in [0.29, 0.717) is 0 Å². The number of carbonyl (C=O) groups excluding carboxylic acids is 1. The molecule has 1 heterocycles. The third-order valence-electron chi connectivity index (χ3n) is 4.85. The highest BCUT2D eigenvalue weighted by molar-refractivity contribution is 6.12. The van der Waals surface area contributed by atoms with Crippen LogP contribution in [0.15, 0.2) is 48.5 Å². The lowest BCUT2D eigenvalue weighted by molar-refractivity contribution is -0.248. The van der Waals surface area contributed by atoms with E-state index in [1.54, 1.807) is 0 Å². The molecule has 1 fully saturated rings. The Morgan fingerprint density at radius 3 is 1.96 bits per heavy atom. The van der Waals surface area contributed by atoms with E-state index in [4.69, 9.17) is 20.7 Å². The van der Waals surface area contributed by atoms with Crippen molar-refractivity contribution in [3.63, 3.8) is 0 Å². The summed E-state index contributed by atoms with van der Waals surface area (Å²) in [5.74, 6) is 0.160. The number of nitrogens with two attached hydrogens (primary N) is 1. The van der Waals surface area contributed by atoms with Gasteiger partial charge in [-0.05, 0) is 17.5 Å². The van der Waals surface area contributed by atoms with Gasteiger partial charge in [-0.3, -0.25) is 4.79 Å². The van der Waals surface area contributed by atoms with Crippen molar-refractivity contribution in [3.8, 4) is 0 Å². The average Bonchev–Trinajstić information content (AvgIpc) is 2.70. The van der Waals surface area contributed by atoms with Gasteiger partial charge in [0.1, 0.15) is 18.3 Å². The first-order valence-corrected chi connectivity index (χ1v) is 8.70. The molecular weight excluding hydrogens is 350 g/mol. The second kappa shape index (κ2) is 8.26. The molecule has 4 rings (SSSR count). The number of aliphatic hydroxyl groups is 4. The van der Waals surface area contributed by atoms with Gasteiger partial charge in [-0.1, -0.05) is 48.5 Å². The van der Waals surface area contributed by atoms with Gasteiger partial charge in [0.05, 0.1) is 12.6 Å². The minimum Gasteiger partial charge on any atom is -0.394 e. The molecule has 2 aromatic rings. The van der Waals surface area contributed by atoms with Crippen molar-refractivity contribution >= 4 is 5.78 Å². The molecule has 1 aliphatic carbocycles. The van der Waals surface area contributed by atoms with Crippen LogP contribution in [0.25, 0.3) is 0 Å². The van der Waals surface area contributed by atoms with Crippen molar-refractivity contribution in [2.45, 2.75) is 37.1 Å². The zero-order valence-electron chi connectivity index (χ0n) is 14.6. The lowest BCUT2D eigenvalue weighted by atomic mass is 9.85.